The van der Waals surface area contributed by atoms with Gasteiger partial charge in [0.15, 0.2) is 0 Å². The van der Waals surface area contributed by atoms with Crippen LogP contribution < -0.4 is 5.32 Å². The fourth-order valence-corrected chi connectivity index (χ4v) is 2.46. The van der Waals surface area contributed by atoms with Crippen molar-refractivity contribution in [3.05, 3.63) is 60.2 Å². The Morgan fingerprint density at radius 2 is 1.91 bits per heavy atom. The van der Waals surface area contributed by atoms with E-state index in [1.54, 1.807) is 4.68 Å². The average molecular weight is 310 g/mol. The summed E-state index contributed by atoms with van der Waals surface area (Å²) in [6.07, 6.45) is 0.556. The monoisotopic (exact) mass is 310 g/mol. The minimum Gasteiger partial charge on any atom is -0.468 e. The number of benzene rings is 2. The zero-order valence-electron chi connectivity index (χ0n) is 12.8. The summed E-state index contributed by atoms with van der Waals surface area (Å²) in [6.45, 7) is 0.382. The smallest absolute Gasteiger partial charge is 0.323 e. The van der Waals surface area contributed by atoms with Crippen LogP contribution in [-0.2, 0) is 22.6 Å². The molecule has 0 amide bonds. The van der Waals surface area contributed by atoms with Crippen LogP contribution in [0.2, 0.25) is 0 Å². The summed E-state index contributed by atoms with van der Waals surface area (Å²) in [5.74, 6) is -0.293. The third-order valence-electron chi connectivity index (χ3n) is 3.68. The Kier molecular flexibility index (Phi) is 4.63. The number of nitrogens with zero attached hydrogens (tertiary/aromatic N) is 3. The molecule has 0 unspecified atom stereocenters. The summed E-state index contributed by atoms with van der Waals surface area (Å²) >= 11 is 0. The van der Waals surface area contributed by atoms with Gasteiger partial charge in [-0.15, -0.1) is 5.10 Å². The largest absolute Gasteiger partial charge is 0.468 e. The maximum atomic E-state index is 12.0. The van der Waals surface area contributed by atoms with E-state index in [4.69, 9.17) is 4.74 Å². The van der Waals surface area contributed by atoms with Gasteiger partial charge in [0.1, 0.15) is 11.6 Å². The summed E-state index contributed by atoms with van der Waals surface area (Å²) in [5.41, 5.74) is 2.81. The molecule has 0 aliphatic heterocycles. The molecule has 0 fully saturated rings. The Balaban J connectivity index is 1.72. The van der Waals surface area contributed by atoms with E-state index in [0.717, 1.165) is 16.6 Å². The van der Waals surface area contributed by atoms with E-state index in [9.17, 15) is 4.79 Å². The van der Waals surface area contributed by atoms with Crippen LogP contribution in [0.3, 0.4) is 0 Å². The van der Waals surface area contributed by atoms with Crippen molar-refractivity contribution in [1.29, 1.82) is 0 Å². The van der Waals surface area contributed by atoms with Gasteiger partial charge in [-0.3, -0.25) is 10.1 Å². The minimum absolute atomic E-state index is 0.293. The fourth-order valence-electron chi connectivity index (χ4n) is 2.46. The topological polar surface area (TPSA) is 69.0 Å². The zero-order chi connectivity index (χ0) is 16.1. The molecule has 0 aliphatic carbocycles. The van der Waals surface area contributed by atoms with E-state index in [1.807, 2.05) is 54.6 Å². The number of aromatic nitrogens is 3. The number of hydrogen-bond acceptors (Lipinski definition) is 5. The number of carbonyl (C=O) groups excluding carboxylic acids is 1. The Bertz CT molecular complexity index is 785. The van der Waals surface area contributed by atoms with Gasteiger partial charge < -0.3 is 4.74 Å². The highest BCUT2D eigenvalue weighted by atomic mass is 16.5. The number of fused-ring (bicyclic) bond motifs is 1. The summed E-state index contributed by atoms with van der Waals surface area (Å²) < 4.78 is 6.63. The van der Waals surface area contributed by atoms with Gasteiger partial charge in [0.05, 0.1) is 19.3 Å². The summed E-state index contributed by atoms with van der Waals surface area (Å²) in [4.78, 5) is 12.0. The Morgan fingerprint density at radius 1 is 1.17 bits per heavy atom. The van der Waals surface area contributed by atoms with Gasteiger partial charge in [0.25, 0.3) is 0 Å². The van der Waals surface area contributed by atoms with E-state index in [-0.39, 0.29) is 5.97 Å². The third kappa shape index (κ3) is 3.54. The van der Waals surface area contributed by atoms with Crippen LogP contribution in [-0.4, -0.2) is 34.1 Å². The van der Waals surface area contributed by atoms with Crippen LogP contribution in [0.4, 0.5) is 0 Å². The van der Waals surface area contributed by atoms with Crippen LogP contribution in [0.15, 0.2) is 54.6 Å². The lowest BCUT2D eigenvalue weighted by Gasteiger charge is -2.16. The highest BCUT2D eigenvalue weighted by Crippen LogP contribution is 2.10. The summed E-state index contributed by atoms with van der Waals surface area (Å²) in [5, 5.41) is 11.4. The number of hydrogen-bond donors (Lipinski definition) is 1. The van der Waals surface area contributed by atoms with Gasteiger partial charge >= 0.3 is 5.97 Å². The van der Waals surface area contributed by atoms with Crippen LogP contribution in [0.25, 0.3) is 11.0 Å². The molecule has 1 atom stereocenters. The molecule has 118 valence electrons. The number of esters is 1. The summed E-state index contributed by atoms with van der Waals surface area (Å²) in [7, 11) is 1.40. The molecule has 0 spiro atoms. The minimum atomic E-state index is -0.439. The van der Waals surface area contributed by atoms with Crippen molar-refractivity contribution in [2.75, 3.05) is 7.11 Å². The first-order valence-corrected chi connectivity index (χ1v) is 7.41. The first-order chi connectivity index (χ1) is 11.3. The Morgan fingerprint density at radius 3 is 2.70 bits per heavy atom. The maximum absolute atomic E-state index is 12.0. The first-order valence-electron chi connectivity index (χ1n) is 7.41. The Labute approximate surface area is 134 Å². The third-order valence-corrected chi connectivity index (χ3v) is 3.68. The van der Waals surface area contributed by atoms with Gasteiger partial charge in [0, 0.05) is 0 Å². The molecular weight excluding hydrogens is 292 g/mol. The number of ether oxygens (including phenoxy) is 1. The molecule has 0 bridgehead atoms. The second kappa shape index (κ2) is 7.02. The highest BCUT2D eigenvalue weighted by Gasteiger charge is 2.19. The molecule has 1 heterocycles. The number of rotatable bonds is 6. The van der Waals surface area contributed by atoms with Crippen molar-refractivity contribution in [2.45, 2.75) is 19.1 Å². The lowest BCUT2D eigenvalue weighted by molar-refractivity contribution is -0.143. The first kappa shape index (κ1) is 15.2. The van der Waals surface area contributed by atoms with E-state index < -0.39 is 6.04 Å². The van der Waals surface area contributed by atoms with Crippen molar-refractivity contribution in [2.24, 2.45) is 0 Å². The van der Waals surface area contributed by atoms with Crippen LogP contribution in [0.5, 0.6) is 0 Å². The lowest BCUT2D eigenvalue weighted by atomic mass is 10.1. The van der Waals surface area contributed by atoms with E-state index >= 15 is 0 Å². The predicted octanol–water partition coefficient (Wildman–Crippen LogP) is 1.76. The van der Waals surface area contributed by atoms with Gasteiger partial charge in [-0.1, -0.05) is 47.7 Å². The predicted molar refractivity (Wildman–Crippen MR) is 86.6 cm³/mol. The van der Waals surface area contributed by atoms with Crippen LogP contribution in [0.1, 0.15) is 5.56 Å². The van der Waals surface area contributed by atoms with Gasteiger partial charge in [0.2, 0.25) is 0 Å². The Hall–Kier alpha value is -2.73. The highest BCUT2D eigenvalue weighted by molar-refractivity contribution is 5.76. The van der Waals surface area contributed by atoms with E-state index in [0.29, 0.717) is 13.1 Å². The van der Waals surface area contributed by atoms with Gasteiger partial charge in [-0.25, -0.2) is 4.68 Å². The number of carbonyl (C=O) groups is 1. The molecule has 1 aromatic heterocycles. The maximum Gasteiger partial charge on any atom is 0.323 e. The molecule has 6 heteroatoms. The van der Waals surface area contributed by atoms with Crippen LogP contribution in [0, 0.1) is 0 Å². The number of methoxy groups -OCH3 is 1. The molecular formula is C17H18N4O2. The van der Waals surface area contributed by atoms with Crippen molar-refractivity contribution in [3.63, 3.8) is 0 Å². The van der Waals surface area contributed by atoms with Crippen LogP contribution >= 0.6 is 0 Å². The van der Waals surface area contributed by atoms with Crippen molar-refractivity contribution in [1.82, 2.24) is 20.3 Å². The number of nitrogens with one attached hydrogen (secondary N) is 1. The average Bonchev–Trinajstić information content (AvgIpc) is 3.02. The van der Waals surface area contributed by atoms with E-state index in [2.05, 4.69) is 15.6 Å². The SMILES string of the molecule is COC(=O)[C@H](Cc1ccccc1)NCn1nnc2ccccc21. The molecule has 1 N–H and O–H groups in total. The lowest BCUT2D eigenvalue weighted by Crippen LogP contribution is -2.40. The van der Waals surface area contributed by atoms with E-state index in [1.165, 1.54) is 7.11 Å². The molecule has 3 aromatic rings. The molecule has 6 nitrogen and oxygen atoms in total. The summed E-state index contributed by atoms with van der Waals surface area (Å²) in [6, 6.07) is 17.1. The van der Waals surface area contributed by atoms with Crippen molar-refractivity contribution >= 4 is 17.0 Å². The molecule has 0 saturated heterocycles. The standard InChI is InChI=1S/C17H18N4O2/c1-23-17(22)15(11-13-7-3-2-4-8-13)18-12-21-16-10-6-5-9-14(16)19-20-21/h2-10,15,18H,11-12H2,1H3/t15-/m0/s1. The zero-order valence-corrected chi connectivity index (χ0v) is 12.8. The van der Waals surface area contributed by atoms with Crippen molar-refractivity contribution in [3.8, 4) is 0 Å². The molecule has 0 saturated carbocycles. The van der Waals surface area contributed by atoms with Gasteiger partial charge in [-0.2, -0.15) is 0 Å². The quantitative estimate of drug-likeness (QED) is 0.703. The normalized spacial score (nSPS) is 12.2. The molecule has 0 aliphatic rings. The second-order valence-electron chi connectivity index (χ2n) is 5.21. The van der Waals surface area contributed by atoms with Crippen molar-refractivity contribution < 1.29 is 9.53 Å². The molecule has 2 aromatic carbocycles. The number of para-hydroxylation sites is 1. The molecule has 3 rings (SSSR count). The fraction of sp³-hybridized carbons (Fsp3) is 0.235. The molecule has 0 radical (unpaired) electrons. The van der Waals surface area contributed by atoms with Gasteiger partial charge in [-0.05, 0) is 24.1 Å². The second-order valence-corrected chi connectivity index (χ2v) is 5.21. The molecule has 23 heavy (non-hydrogen) atoms.